The Balaban J connectivity index is 2.72. The molecule has 0 spiro atoms. The van der Waals surface area contributed by atoms with Gasteiger partial charge in [0.15, 0.2) is 0 Å². The van der Waals surface area contributed by atoms with E-state index in [1.54, 1.807) is 0 Å². The lowest BCUT2D eigenvalue weighted by molar-refractivity contribution is 0.200. The Hall–Kier alpha value is -0.920. The summed E-state index contributed by atoms with van der Waals surface area (Å²) in [6.45, 7) is 17.5. The predicted octanol–water partition coefficient (Wildman–Crippen LogP) is 3.48. The molecule has 0 aromatic rings. The summed E-state index contributed by atoms with van der Waals surface area (Å²) in [5.41, 5.74) is 1.31. The Bertz CT molecular complexity index is 275. The van der Waals surface area contributed by atoms with Gasteiger partial charge < -0.3 is 9.80 Å². The minimum atomic E-state index is 0.410. The maximum atomic E-state index is 4.27. The maximum Gasteiger partial charge on any atom is 0.0967 e. The van der Waals surface area contributed by atoms with E-state index in [-0.39, 0.29) is 0 Å². The zero-order chi connectivity index (χ0) is 13.0. The van der Waals surface area contributed by atoms with Gasteiger partial charge in [-0.2, -0.15) is 0 Å². The highest BCUT2D eigenvalue weighted by molar-refractivity contribution is 5.11. The second-order valence-electron chi connectivity index (χ2n) is 5.42. The van der Waals surface area contributed by atoms with Crippen molar-refractivity contribution in [1.29, 1.82) is 0 Å². The van der Waals surface area contributed by atoms with Crippen LogP contribution >= 0.6 is 0 Å². The Morgan fingerprint density at radius 2 is 1.76 bits per heavy atom. The highest BCUT2D eigenvalue weighted by atomic mass is 15.3. The molecule has 1 unspecified atom stereocenters. The van der Waals surface area contributed by atoms with E-state index in [2.05, 4.69) is 50.8 Å². The first-order valence-electron chi connectivity index (χ1n) is 6.83. The molecule has 1 saturated heterocycles. The van der Waals surface area contributed by atoms with E-state index < -0.39 is 0 Å². The van der Waals surface area contributed by atoms with E-state index in [0.717, 1.165) is 25.3 Å². The van der Waals surface area contributed by atoms with Crippen LogP contribution in [0.1, 0.15) is 40.0 Å². The maximum absolute atomic E-state index is 4.27. The van der Waals surface area contributed by atoms with Gasteiger partial charge in [-0.15, -0.1) is 0 Å². The van der Waals surface area contributed by atoms with Crippen LogP contribution in [0.4, 0.5) is 0 Å². The molecule has 0 aromatic carbocycles. The quantitative estimate of drug-likeness (QED) is 0.652. The van der Waals surface area contributed by atoms with E-state index in [0.29, 0.717) is 12.0 Å². The van der Waals surface area contributed by atoms with Gasteiger partial charge in [-0.05, 0) is 25.2 Å². The third kappa shape index (κ3) is 3.27. The number of hydrogen-bond acceptors (Lipinski definition) is 2. The monoisotopic (exact) mass is 236 g/mol. The zero-order valence-electron chi connectivity index (χ0n) is 12.0. The molecule has 98 valence electrons. The van der Waals surface area contributed by atoms with Gasteiger partial charge in [-0.1, -0.05) is 39.5 Å². The minimum Gasteiger partial charge on any atom is -0.359 e. The second kappa shape index (κ2) is 6.13. The number of nitrogens with zero attached hydrogens (tertiary/aromatic N) is 2. The molecule has 1 fully saturated rings. The summed E-state index contributed by atoms with van der Waals surface area (Å²) in [5, 5.41) is 0. The number of likely N-dealkylation sites (N-methyl/N-ethyl adjacent to an activating group) is 1. The average Bonchev–Trinajstić information content (AvgIpc) is 2.80. The molecule has 2 nitrogen and oxygen atoms in total. The zero-order valence-corrected chi connectivity index (χ0v) is 12.0. The van der Waals surface area contributed by atoms with Gasteiger partial charge in [0.2, 0.25) is 0 Å². The molecule has 1 aliphatic heterocycles. The lowest BCUT2D eigenvalue weighted by Gasteiger charge is -2.39. The second-order valence-corrected chi connectivity index (χ2v) is 5.42. The molecule has 0 aromatic heterocycles. The van der Waals surface area contributed by atoms with Gasteiger partial charge in [-0.25, -0.2) is 0 Å². The van der Waals surface area contributed by atoms with E-state index in [4.69, 9.17) is 0 Å². The van der Waals surface area contributed by atoms with Crippen LogP contribution < -0.4 is 0 Å². The highest BCUT2D eigenvalue weighted by Crippen LogP contribution is 2.25. The molecule has 0 aliphatic carbocycles. The van der Waals surface area contributed by atoms with Gasteiger partial charge in [-0.3, -0.25) is 0 Å². The fraction of sp³-hybridized carbons (Fsp3) is 0.733. The smallest absolute Gasteiger partial charge is 0.0967 e. The van der Waals surface area contributed by atoms with Crippen LogP contribution in [0.15, 0.2) is 24.6 Å². The highest BCUT2D eigenvalue weighted by Gasteiger charge is 2.25. The molecular formula is C15H28N2. The minimum absolute atomic E-state index is 0.410. The van der Waals surface area contributed by atoms with Gasteiger partial charge in [0, 0.05) is 20.1 Å². The van der Waals surface area contributed by atoms with Crippen molar-refractivity contribution in [3.63, 3.8) is 0 Å². The van der Waals surface area contributed by atoms with Crippen molar-refractivity contribution in [2.45, 2.75) is 46.1 Å². The molecule has 0 amide bonds. The molecule has 0 saturated carbocycles. The van der Waals surface area contributed by atoms with E-state index >= 15 is 0 Å². The van der Waals surface area contributed by atoms with Gasteiger partial charge in [0.05, 0.1) is 11.9 Å². The van der Waals surface area contributed by atoms with E-state index in [1.165, 1.54) is 18.4 Å². The summed E-state index contributed by atoms with van der Waals surface area (Å²) in [6.07, 6.45) is 3.64. The van der Waals surface area contributed by atoms with Crippen molar-refractivity contribution in [2.75, 3.05) is 20.1 Å². The Labute approximate surface area is 107 Å². The first-order chi connectivity index (χ1) is 7.99. The SMILES string of the molecule is C=C(CC)C(C(C)C)N(C)C(=C)N1CCCC1. The summed E-state index contributed by atoms with van der Waals surface area (Å²) in [6, 6.07) is 0.410. The largest absolute Gasteiger partial charge is 0.359 e. The molecular weight excluding hydrogens is 208 g/mol. The molecule has 0 radical (unpaired) electrons. The fourth-order valence-electron chi connectivity index (χ4n) is 2.76. The van der Waals surface area contributed by atoms with Crippen LogP contribution in [0.5, 0.6) is 0 Å². The van der Waals surface area contributed by atoms with Crippen molar-refractivity contribution >= 4 is 0 Å². The van der Waals surface area contributed by atoms with Crippen molar-refractivity contribution < 1.29 is 0 Å². The molecule has 1 rings (SSSR count). The van der Waals surface area contributed by atoms with Crippen LogP contribution in [0.3, 0.4) is 0 Å². The number of hydrogen-bond donors (Lipinski definition) is 0. The fourth-order valence-corrected chi connectivity index (χ4v) is 2.76. The summed E-state index contributed by atoms with van der Waals surface area (Å²) in [4.78, 5) is 4.72. The molecule has 0 N–H and O–H groups in total. The van der Waals surface area contributed by atoms with E-state index in [1.807, 2.05) is 0 Å². The topological polar surface area (TPSA) is 6.48 Å². The lowest BCUT2D eigenvalue weighted by Crippen LogP contribution is -2.41. The lowest BCUT2D eigenvalue weighted by atomic mass is 9.94. The van der Waals surface area contributed by atoms with Gasteiger partial charge in [0.1, 0.15) is 0 Å². The third-order valence-corrected chi connectivity index (χ3v) is 3.80. The van der Waals surface area contributed by atoms with Crippen molar-refractivity contribution in [3.05, 3.63) is 24.6 Å². The first-order valence-corrected chi connectivity index (χ1v) is 6.83. The van der Waals surface area contributed by atoms with Crippen molar-refractivity contribution in [3.8, 4) is 0 Å². The third-order valence-electron chi connectivity index (χ3n) is 3.80. The molecule has 1 heterocycles. The summed E-state index contributed by atoms with van der Waals surface area (Å²) < 4.78 is 0. The van der Waals surface area contributed by atoms with Crippen molar-refractivity contribution in [2.24, 2.45) is 5.92 Å². The summed E-state index contributed by atoms with van der Waals surface area (Å²) in [7, 11) is 2.16. The van der Waals surface area contributed by atoms with E-state index in [9.17, 15) is 0 Å². The van der Waals surface area contributed by atoms with Crippen LogP contribution in [-0.2, 0) is 0 Å². The van der Waals surface area contributed by atoms with Crippen LogP contribution in [0.25, 0.3) is 0 Å². The molecule has 1 atom stereocenters. The number of rotatable bonds is 6. The van der Waals surface area contributed by atoms with Crippen LogP contribution in [-0.4, -0.2) is 36.0 Å². The Kier molecular flexibility index (Phi) is 5.10. The summed E-state index contributed by atoms with van der Waals surface area (Å²) >= 11 is 0. The molecule has 2 heteroatoms. The average molecular weight is 236 g/mol. The normalized spacial score (nSPS) is 17.4. The molecule has 17 heavy (non-hydrogen) atoms. The molecule has 0 bridgehead atoms. The molecule has 1 aliphatic rings. The standard InChI is InChI=1S/C15H28N2/c1-7-13(4)15(12(2)3)16(6)14(5)17-10-8-9-11-17/h12,15H,4-5,7-11H2,1-3,6H3. The Morgan fingerprint density at radius 1 is 1.24 bits per heavy atom. The van der Waals surface area contributed by atoms with Crippen LogP contribution in [0, 0.1) is 5.92 Å². The first kappa shape index (κ1) is 14.1. The summed E-state index contributed by atoms with van der Waals surface area (Å²) in [5.74, 6) is 1.74. The van der Waals surface area contributed by atoms with Gasteiger partial charge >= 0.3 is 0 Å². The number of likely N-dealkylation sites (tertiary alicyclic amines) is 1. The van der Waals surface area contributed by atoms with Gasteiger partial charge in [0.25, 0.3) is 0 Å². The predicted molar refractivity (Wildman–Crippen MR) is 75.8 cm³/mol. The Morgan fingerprint density at radius 3 is 2.18 bits per heavy atom. The van der Waals surface area contributed by atoms with Crippen LogP contribution in [0.2, 0.25) is 0 Å². The van der Waals surface area contributed by atoms with Crippen molar-refractivity contribution in [1.82, 2.24) is 9.80 Å².